The zero-order valence-corrected chi connectivity index (χ0v) is 9.36. The van der Waals surface area contributed by atoms with E-state index in [2.05, 4.69) is 6.07 Å². The monoisotopic (exact) mass is 210 g/mol. The van der Waals surface area contributed by atoms with Gasteiger partial charge >= 0.3 is 0 Å². The second kappa shape index (κ2) is 4.81. The van der Waals surface area contributed by atoms with E-state index in [1.54, 1.807) is 20.5 Å². The molecule has 3 heteroatoms. The van der Waals surface area contributed by atoms with Crippen molar-refractivity contribution < 1.29 is 13.9 Å². The van der Waals surface area contributed by atoms with Crippen LogP contribution < -0.4 is 0 Å². The number of rotatable bonds is 3. The van der Waals surface area contributed by atoms with Crippen molar-refractivity contribution in [3.8, 4) is 0 Å². The highest BCUT2D eigenvalue weighted by Gasteiger charge is 2.29. The smallest absolute Gasteiger partial charge is 0.166 e. The molecule has 1 aliphatic carbocycles. The van der Waals surface area contributed by atoms with Gasteiger partial charge in [-0.15, -0.1) is 0 Å². The molecule has 2 rings (SSSR count). The molecule has 1 heterocycles. The van der Waals surface area contributed by atoms with Crippen molar-refractivity contribution in [1.29, 1.82) is 0 Å². The average Bonchev–Trinajstić information content (AvgIpc) is 2.63. The van der Waals surface area contributed by atoms with Gasteiger partial charge in [0, 0.05) is 14.2 Å². The van der Waals surface area contributed by atoms with Crippen LogP contribution in [0.5, 0.6) is 0 Å². The molecule has 0 aromatic carbocycles. The van der Waals surface area contributed by atoms with Gasteiger partial charge in [-0.3, -0.25) is 0 Å². The summed E-state index contributed by atoms with van der Waals surface area (Å²) in [7, 11) is 3.36. The molecule has 3 nitrogen and oxygen atoms in total. The predicted octanol–water partition coefficient (Wildman–Crippen LogP) is 2.71. The molecule has 1 aromatic heterocycles. The highest BCUT2D eigenvalue weighted by atomic mass is 16.7. The Balaban J connectivity index is 2.25. The van der Waals surface area contributed by atoms with E-state index in [1.807, 2.05) is 0 Å². The molecular formula is C12H18O3. The van der Waals surface area contributed by atoms with E-state index in [-0.39, 0.29) is 12.2 Å². The highest BCUT2D eigenvalue weighted by Crippen LogP contribution is 2.34. The summed E-state index contributed by atoms with van der Waals surface area (Å²) < 4.78 is 16.3. The van der Waals surface area contributed by atoms with E-state index in [9.17, 15) is 0 Å². The molecule has 1 aliphatic rings. The zero-order chi connectivity index (χ0) is 10.7. The molecule has 15 heavy (non-hydrogen) atoms. The summed E-state index contributed by atoms with van der Waals surface area (Å²) in [6.45, 7) is 0. The summed E-state index contributed by atoms with van der Waals surface area (Å²) in [5.74, 6) is 1.30. The van der Waals surface area contributed by atoms with Gasteiger partial charge in [0.15, 0.2) is 6.29 Å². The van der Waals surface area contributed by atoms with E-state index in [0.29, 0.717) is 0 Å². The van der Waals surface area contributed by atoms with Crippen LogP contribution in [0.4, 0.5) is 0 Å². The number of hydrogen-bond acceptors (Lipinski definition) is 3. The van der Waals surface area contributed by atoms with Gasteiger partial charge in [0.2, 0.25) is 0 Å². The molecule has 0 saturated carbocycles. The van der Waals surface area contributed by atoms with Crippen molar-refractivity contribution in [2.24, 2.45) is 0 Å². The number of ether oxygens (including phenoxy) is 2. The highest BCUT2D eigenvalue weighted by molar-refractivity contribution is 5.22. The summed E-state index contributed by atoms with van der Waals surface area (Å²) in [5.41, 5.74) is 1.32. The Labute approximate surface area is 90.4 Å². The number of hydrogen-bond donors (Lipinski definition) is 0. The third-order valence-electron chi connectivity index (χ3n) is 3.12. The van der Waals surface area contributed by atoms with Crippen LogP contribution >= 0.6 is 0 Å². The molecule has 1 atom stereocenters. The van der Waals surface area contributed by atoms with Crippen LogP contribution in [0.2, 0.25) is 0 Å². The molecule has 0 spiro atoms. The maximum absolute atomic E-state index is 5.57. The number of aryl methyl sites for hydroxylation is 1. The van der Waals surface area contributed by atoms with E-state index >= 15 is 0 Å². The minimum Gasteiger partial charge on any atom is -0.469 e. The molecule has 1 aromatic rings. The van der Waals surface area contributed by atoms with Gasteiger partial charge in [0.05, 0.1) is 12.2 Å². The van der Waals surface area contributed by atoms with Crippen molar-refractivity contribution in [2.75, 3.05) is 14.2 Å². The quantitative estimate of drug-likeness (QED) is 0.568. The maximum Gasteiger partial charge on any atom is 0.166 e. The first-order valence-corrected chi connectivity index (χ1v) is 5.48. The fourth-order valence-electron chi connectivity index (χ4n) is 2.37. The Morgan fingerprint density at radius 3 is 2.87 bits per heavy atom. The van der Waals surface area contributed by atoms with Crippen molar-refractivity contribution in [3.63, 3.8) is 0 Å². The van der Waals surface area contributed by atoms with Crippen LogP contribution in [0, 0.1) is 0 Å². The van der Waals surface area contributed by atoms with E-state index < -0.39 is 0 Å². The molecule has 0 fully saturated rings. The lowest BCUT2D eigenvalue weighted by Crippen LogP contribution is -2.22. The minimum atomic E-state index is -0.187. The first kappa shape index (κ1) is 10.7. The van der Waals surface area contributed by atoms with E-state index in [4.69, 9.17) is 13.9 Å². The van der Waals surface area contributed by atoms with Gasteiger partial charge in [0.25, 0.3) is 0 Å². The van der Waals surface area contributed by atoms with Crippen LogP contribution in [0.15, 0.2) is 16.7 Å². The topological polar surface area (TPSA) is 31.6 Å². The maximum atomic E-state index is 5.57. The minimum absolute atomic E-state index is 0.187. The Bertz CT molecular complexity index is 302. The Morgan fingerprint density at radius 1 is 1.33 bits per heavy atom. The molecule has 0 N–H and O–H groups in total. The van der Waals surface area contributed by atoms with Gasteiger partial charge in [-0.05, 0) is 30.9 Å². The number of fused-ring (bicyclic) bond motifs is 1. The lowest BCUT2D eigenvalue weighted by Gasteiger charge is -2.22. The fourth-order valence-corrected chi connectivity index (χ4v) is 2.37. The number of furan rings is 1. The largest absolute Gasteiger partial charge is 0.469 e. The first-order chi connectivity index (χ1) is 7.36. The van der Waals surface area contributed by atoms with Crippen molar-refractivity contribution >= 4 is 0 Å². The molecule has 84 valence electrons. The lowest BCUT2D eigenvalue weighted by atomic mass is 10.00. The molecule has 0 amide bonds. The Hall–Kier alpha value is -0.800. The lowest BCUT2D eigenvalue weighted by molar-refractivity contribution is -0.122. The molecular weight excluding hydrogens is 192 g/mol. The molecule has 0 radical (unpaired) electrons. The van der Waals surface area contributed by atoms with Gasteiger partial charge < -0.3 is 13.9 Å². The average molecular weight is 210 g/mol. The van der Waals surface area contributed by atoms with Gasteiger partial charge in [-0.25, -0.2) is 0 Å². The second-order valence-electron chi connectivity index (χ2n) is 4.00. The van der Waals surface area contributed by atoms with E-state index in [1.165, 1.54) is 18.4 Å². The normalized spacial score (nSPS) is 21.4. The second-order valence-corrected chi connectivity index (χ2v) is 4.00. The molecule has 0 saturated heterocycles. The van der Waals surface area contributed by atoms with Crippen LogP contribution in [-0.4, -0.2) is 20.5 Å². The molecule has 0 bridgehead atoms. The van der Waals surface area contributed by atoms with Crippen LogP contribution in [0.1, 0.15) is 36.5 Å². The van der Waals surface area contributed by atoms with Crippen LogP contribution in [0.3, 0.4) is 0 Å². The zero-order valence-electron chi connectivity index (χ0n) is 9.36. The van der Waals surface area contributed by atoms with Crippen LogP contribution in [0.25, 0.3) is 0 Å². The van der Waals surface area contributed by atoms with Crippen molar-refractivity contribution in [1.82, 2.24) is 0 Å². The fraction of sp³-hybridized carbons (Fsp3) is 0.667. The summed E-state index contributed by atoms with van der Waals surface area (Å²) in [4.78, 5) is 0. The van der Waals surface area contributed by atoms with Crippen molar-refractivity contribution in [2.45, 2.75) is 37.9 Å². The molecule has 1 unspecified atom stereocenters. The molecule has 0 aliphatic heterocycles. The Kier molecular flexibility index (Phi) is 3.44. The van der Waals surface area contributed by atoms with Gasteiger partial charge in [-0.2, -0.15) is 0 Å². The first-order valence-electron chi connectivity index (χ1n) is 5.48. The van der Waals surface area contributed by atoms with Gasteiger partial charge in [-0.1, -0.05) is 6.42 Å². The summed E-state index contributed by atoms with van der Waals surface area (Å²) in [5, 5.41) is 0. The predicted molar refractivity (Wildman–Crippen MR) is 56.8 cm³/mol. The van der Waals surface area contributed by atoms with Crippen LogP contribution in [-0.2, 0) is 15.9 Å². The third kappa shape index (κ3) is 2.08. The van der Waals surface area contributed by atoms with E-state index in [0.717, 1.165) is 18.6 Å². The summed E-state index contributed by atoms with van der Waals surface area (Å²) in [6, 6.07) is 2.07. The number of methoxy groups -OCH3 is 2. The van der Waals surface area contributed by atoms with Crippen molar-refractivity contribution in [3.05, 3.63) is 23.7 Å². The van der Waals surface area contributed by atoms with Gasteiger partial charge in [0.1, 0.15) is 5.76 Å². The standard InChI is InChI=1S/C12H18O3/c1-13-12(14-2)10-6-4-3-5-9-7-8-15-11(9)10/h7-8,10,12H,3-6H2,1-2H3. The SMILES string of the molecule is COC(OC)C1CCCCc2ccoc21. The Morgan fingerprint density at radius 2 is 2.13 bits per heavy atom. The summed E-state index contributed by atoms with van der Waals surface area (Å²) in [6.07, 6.45) is 6.20. The third-order valence-corrected chi connectivity index (χ3v) is 3.12. The summed E-state index contributed by atoms with van der Waals surface area (Å²) >= 11 is 0.